The summed E-state index contributed by atoms with van der Waals surface area (Å²) >= 11 is 0. The van der Waals surface area contributed by atoms with Gasteiger partial charge in [0.1, 0.15) is 0 Å². The smallest absolute Gasteiger partial charge is 0.190 e. The summed E-state index contributed by atoms with van der Waals surface area (Å²) in [7, 11) is 1.84. The van der Waals surface area contributed by atoms with Crippen molar-refractivity contribution in [3.8, 4) is 0 Å². The summed E-state index contributed by atoms with van der Waals surface area (Å²) in [4.78, 5) is 4.27. The van der Waals surface area contributed by atoms with Crippen LogP contribution in [-0.2, 0) is 6.42 Å². The number of hydrogen-bond acceptors (Lipinski definition) is 1. The van der Waals surface area contributed by atoms with Crippen LogP contribution in [0.5, 0.6) is 0 Å². The molecule has 0 spiro atoms. The third-order valence-corrected chi connectivity index (χ3v) is 3.77. The van der Waals surface area contributed by atoms with Crippen molar-refractivity contribution < 1.29 is 0 Å². The van der Waals surface area contributed by atoms with Crippen LogP contribution >= 0.6 is 0 Å². The van der Waals surface area contributed by atoms with Crippen LogP contribution in [-0.4, -0.2) is 26.1 Å². The maximum Gasteiger partial charge on any atom is 0.190 e. The van der Waals surface area contributed by atoms with E-state index in [4.69, 9.17) is 0 Å². The van der Waals surface area contributed by atoms with Gasteiger partial charge in [-0.1, -0.05) is 44.0 Å². The Morgan fingerprint density at radius 3 is 2.84 bits per heavy atom. The fourth-order valence-electron chi connectivity index (χ4n) is 2.57. The first kappa shape index (κ1) is 13.9. The highest BCUT2D eigenvalue weighted by atomic mass is 15.2. The molecule has 0 amide bonds. The zero-order chi connectivity index (χ0) is 13.5. The van der Waals surface area contributed by atoms with Gasteiger partial charge in [-0.15, -0.1) is 0 Å². The predicted molar refractivity (Wildman–Crippen MR) is 81.8 cm³/mol. The number of fused-ring (bicyclic) bond motifs is 1. The molecule has 0 saturated heterocycles. The summed E-state index contributed by atoms with van der Waals surface area (Å²) in [6.07, 6.45) is 4.94. The van der Waals surface area contributed by atoms with Gasteiger partial charge in [0.05, 0.1) is 0 Å². The maximum absolute atomic E-state index is 4.27. The molecule has 0 saturated carbocycles. The second-order valence-corrected chi connectivity index (χ2v) is 5.19. The van der Waals surface area contributed by atoms with Gasteiger partial charge in [-0.05, 0) is 24.0 Å². The van der Waals surface area contributed by atoms with Crippen molar-refractivity contribution >= 4 is 5.96 Å². The zero-order valence-corrected chi connectivity index (χ0v) is 12.1. The van der Waals surface area contributed by atoms with E-state index in [1.54, 1.807) is 0 Å². The normalized spacial score (nSPS) is 17.6. The number of guanidine groups is 1. The summed E-state index contributed by atoms with van der Waals surface area (Å²) in [5.74, 6) is 1.57. The van der Waals surface area contributed by atoms with E-state index in [1.807, 2.05) is 7.05 Å². The zero-order valence-electron chi connectivity index (χ0n) is 12.1. The minimum absolute atomic E-state index is 0.644. The third-order valence-electron chi connectivity index (χ3n) is 3.77. The highest BCUT2D eigenvalue weighted by Gasteiger charge is 2.24. The third kappa shape index (κ3) is 3.72. The summed E-state index contributed by atoms with van der Waals surface area (Å²) in [5.41, 5.74) is 3.00. The molecule has 0 heterocycles. The summed E-state index contributed by atoms with van der Waals surface area (Å²) < 4.78 is 0. The minimum atomic E-state index is 0.644. The first-order valence-corrected chi connectivity index (χ1v) is 7.37. The molecule has 1 aromatic rings. The lowest BCUT2D eigenvalue weighted by atomic mass is 9.78. The van der Waals surface area contributed by atoms with Crippen LogP contribution in [0.15, 0.2) is 29.3 Å². The van der Waals surface area contributed by atoms with Gasteiger partial charge >= 0.3 is 0 Å². The van der Waals surface area contributed by atoms with Gasteiger partial charge in [-0.25, -0.2) is 0 Å². The highest BCUT2D eigenvalue weighted by Crippen LogP contribution is 2.33. The van der Waals surface area contributed by atoms with Crippen LogP contribution in [0.25, 0.3) is 0 Å². The Kier molecular flexibility index (Phi) is 5.25. The lowest BCUT2D eigenvalue weighted by Gasteiger charge is -2.30. The largest absolute Gasteiger partial charge is 0.356 e. The second kappa shape index (κ2) is 7.17. The van der Waals surface area contributed by atoms with Crippen molar-refractivity contribution in [1.82, 2.24) is 10.6 Å². The molecule has 1 aliphatic carbocycles. The molecular weight excluding hydrogens is 234 g/mol. The number of rotatable bonds is 6. The molecular formula is C16H25N3. The van der Waals surface area contributed by atoms with Crippen LogP contribution in [0.4, 0.5) is 0 Å². The van der Waals surface area contributed by atoms with E-state index in [-0.39, 0.29) is 0 Å². The Bertz CT molecular complexity index is 426. The Labute approximate surface area is 116 Å². The number of hydrogen-bond donors (Lipinski definition) is 2. The number of nitrogens with zero attached hydrogens (tertiary/aromatic N) is 1. The fraction of sp³-hybridized carbons (Fsp3) is 0.562. The van der Waals surface area contributed by atoms with Crippen molar-refractivity contribution in [3.63, 3.8) is 0 Å². The van der Waals surface area contributed by atoms with Gasteiger partial charge in [0.15, 0.2) is 5.96 Å². The van der Waals surface area contributed by atoms with Crippen molar-refractivity contribution in [2.45, 2.75) is 38.5 Å². The molecule has 104 valence electrons. The molecule has 1 aliphatic rings. The molecule has 1 aromatic carbocycles. The standard InChI is InChI=1S/C16H25N3/c1-3-4-7-10-18-16(17-2)19-12-14-11-13-8-5-6-9-15(13)14/h5-6,8-9,14H,3-4,7,10-12H2,1-2H3,(H2,17,18,19). The average Bonchev–Trinajstić information content (AvgIpc) is 2.42. The second-order valence-electron chi connectivity index (χ2n) is 5.19. The molecule has 2 rings (SSSR count). The van der Waals surface area contributed by atoms with Gasteiger partial charge < -0.3 is 10.6 Å². The number of nitrogens with one attached hydrogen (secondary N) is 2. The van der Waals surface area contributed by atoms with Gasteiger partial charge in [0, 0.05) is 26.1 Å². The van der Waals surface area contributed by atoms with Crippen LogP contribution in [0, 0.1) is 0 Å². The quantitative estimate of drug-likeness (QED) is 0.468. The summed E-state index contributed by atoms with van der Waals surface area (Å²) in [6.45, 7) is 4.21. The molecule has 3 heteroatoms. The van der Waals surface area contributed by atoms with E-state index < -0.39 is 0 Å². The van der Waals surface area contributed by atoms with Gasteiger partial charge in [-0.3, -0.25) is 4.99 Å². The SMILES string of the molecule is CCCCCNC(=NC)NCC1Cc2ccccc21. The van der Waals surface area contributed by atoms with Crippen molar-refractivity contribution in [2.24, 2.45) is 4.99 Å². The van der Waals surface area contributed by atoms with Gasteiger partial charge in [0.2, 0.25) is 0 Å². The topological polar surface area (TPSA) is 36.4 Å². The molecule has 3 nitrogen and oxygen atoms in total. The number of aliphatic imine (C=N–C) groups is 1. The average molecular weight is 259 g/mol. The molecule has 0 aliphatic heterocycles. The summed E-state index contributed by atoms with van der Waals surface area (Å²) in [6, 6.07) is 8.71. The Hall–Kier alpha value is -1.51. The molecule has 1 atom stereocenters. The van der Waals surface area contributed by atoms with Crippen LogP contribution in [0.2, 0.25) is 0 Å². The number of unbranched alkanes of at least 4 members (excludes halogenated alkanes) is 2. The van der Waals surface area contributed by atoms with E-state index in [1.165, 1.54) is 36.8 Å². The fourth-order valence-corrected chi connectivity index (χ4v) is 2.57. The monoisotopic (exact) mass is 259 g/mol. The van der Waals surface area contributed by atoms with E-state index in [9.17, 15) is 0 Å². The van der Waals surface area contributed by atoms with Crippen molar-refractivity contribution in [1.29, 1.82) is 0 Å². The predicted octanol–water partition coefficient (Wildman–Crippen LogP) is 2.68. The van der Waals surface area contributed by atoms with E-state index in [0.717, 1.165) is 19.0 Å². The lowest BCUT2D eigenvalue weighted by molar-refractivity contribution is 0.581. The van der Waals surface area contributed by atoms with Crippen molar-refractivity contribution in [3.05, 3.63) is 35.4 Å². The van der Waals surface area contributed by atoms with E-state index in [0.29, 0.717) is 5.92 Å². The van der Waals surface area contributed by atoms with E-state index >= 15 is 0 Å². The Balaban J connectivity index is 1.70. The molecule has 19 heavy (non-hydrogen) atoms. The first-order chi connectivity index (χ1) is 9.35. The highest BCUT2D eigenvalue weighted by molar-refractivity contribution is 5.79. The molecule has 2 N–H and O–H groups in total. The molecule has 0 aromatic heterocycles. The summed E-state index contributed by atoms with van der Waals surface area (Å²) in [5, 5.41) is 6.80. The lowest BCUT2D eigenvalue weighted by Crippen LogP contribution is -2.41. The van der Waals surface area contributed by atoms with Crippen LogP contribution in [0.3, 0.4) is 0 Å². The maximum atomic E-state index is 4.27. The molecule has 1 unspecified atom stereocenters. The number of benzene rings is 1. The van der Waals surface area contributed by atoms with Crippen LogP contribution in [0.1, 0.15) is 43.2 Å². The van der Waals surface area contributed by atoms with Crippen molar-refractivity contribution in [2.75, 3.05) is 20.1 Å². The minimum Gasteiger partial charge on any atom is -0.356 e. The Morgan fingerprint density at radius 2 is 2.11 bits per heavy atom. The molecule has 0 radical (unpaired) electrons. The van der Waals surface area contributed by atoms with Gasteiger partial charge in [-0.2, -0.15) is 0 Å². The molecule has 0 fully saturated rings. The van der Waals surface area contributed by atoms with E-state index in [2.05, 4.69) is 46.8 Å². The van der Waals surface area contributed by atoms with Gasteiger partial charge in [0.25, 0.3) is 0 Å². The van der Waals surface area contributed by atoms with Crippen LogP contribution < -0.4 is 10.6 Å². The Morgan fingerprint density at radius 1 is 1.26 bits per heavy atom. The molecule has 0 bridgehead atoms. The first-order valence-electron chi connectivity index (χ1n) is 7.37.